The lowest BCUT2D eigenvalue weighted by Gasteiger charge is -2.07. The summed E-state index contributed by atoms with van der Waals surface area (Å²) in [4.78, 5) is 5.45. The van der Waals surface area contributed by atoms with E-state index in [4.69, 9.17) is 9.57 Å². The quantitative estimate of drug-likeness (QED) is 0.571. The van der Waals surface area contributed by atoms with Crippen LogP contribution in [-0.4, -0.2) is 19.4 Å². The Labute approximate surface area is 126 Å². The molecule has 110 valence electrons. The summed E-state index contributed by atoms with van der Waals surface area (Å²) in [7, 11) is 1.66. The van der Waals surface area contributed by atoms with Gasteiger partial charge in [0.15, 0.2) is 0 Å². The zero-order valence-electron chi connectivity index (χ0n) is 12.6. The molecule has 0 saturated heterocycles. The lowest BCUT2D eigenvalue weighted by Crippen LogP contribution is -2.10. The van der Waals surface area contributed by atoms with Gasteiger partial charge in [-0.15, -0.1) is 0 Å². The maximum absolute atomic E-state index is 5.45. The molecule has 0 amide bonds. The molecule has 0 spiro atoms. The summed E-state index contributed by atoms with van der Waals surface area (Å²) in [6, 6.07) is 18.3. The molecule has 2 aromatic rings. The van der Waals surface area contributed by atoms with E-state index in [-0.39, 0.29) is 0 Å². The summed E-state index contributed by atoms with van der Waals surface area (Å²) in [5.41, 5.74) is 4.23. The van der Waals surface area contributed by atoms with Crippen molar-refractivity contribution in [3.05, 3.63) is 71.3 Å². The van der Waals surface area contributed by atoms with Gasteiger partial charge in [0.1, 0.15) is 12.3 Å². The predicted molar refractivity (Wildman–Crippen MR) is 85.5 cm³/mol. The van der Waals surface area contributed by atoms with Gasteiger partial charge in [0.25, 0.3) is 0 Å². The van der Waals surface area contributed by atoms with Crippen LogP contribution in [0.5, 0.6) is 0 Å². The van der Waals surface area contributed by atoms with Gasteiger partial charge in [0, 0.05) is 12.7 Å². The molecule has 0 radical (unpaired) electrons. The fraction of sp³-hybridized carbons (Fsp3) is 0.278. The summed E-state index contributed by atoms with van der Waals surface area (Å²) < 4.78 is 5.21. The lowest BCUT2D eigenvalue weighted by atomic mass is 10.1. The van der Waals surface area contributed by atoms with Crippen molar-refractivity contribution in [2.75, 3.05) is 13.7 Å². The third kappa shape index (κ3) is 4.72. The molecule has 0 bridgehead atoms. The third-order valence-corrected chi connectivity index (χ3v) is 3.23. The maximum atomic E-state index is 5.45. The highest BCUT2D eigenvalue weighted by Gasteiger charge is 2.04. The van der Waals surface area contributed by atoms with Gasteiger partial charge in [-0.25, -0.2) is 0 Å². The van der Waals surface area contributed by atoms with Crippen LogP contribution in [0.2, 0.25) is 0 Å². The van der Waals surface area contributed by atoms with Crippen LogP contribution < -0.4 is 0 Å². The molecule has 2 rings (SSSR count). The van der Waals surface area contributed by atoms with Gasteiger partial charge < -0.3 is 9.57 Å². The Morgan fingerprint density at radius 2 is 1.67 bits per heavy atom. The number of nitrogens with zero attached hydrogens (tertiary/aromatic N) is 1. The van der Waals surface area contributed by atoms with Gasteiger partial charge in [-0.2, -0.15) is 0 Å². The Hall–Kier alpha value is -2.13. The minimum atomic E-state index is 0.431. The van der Waals surface area contributed by atoms with Crippen LogP contribution in [0.3, 0.4) is 0 Å². The Kier molecular flexibility index (Phi) is 5.98. The first-order chi connectivity index (χ1) is 10.3. The van der Waals surface area contributed by atoms with Crippen LogP contribution in [0.1, 0.15) is 23.6 Å². The molecule has 2 aromatic carbocycles. The predicted octanol–water partition coefficient (Wildman–Crippen LogP) is 3.82. The SMILES string of the molecule is CCc1ccc(/C(COC)=N\OCc2ccccc2)cc1. The number of oxime groups is 1. The number of methoxy groups -OCH3 is 1. The fourth-order valence-corrected chi connectivity index (χ4v) is 1.99. The lowest BCUT2D eigenvalue weighted by molar-refractivity contribution is 0.127. The second-order valence-corrected chi connectivity index (χ2v) is 4.78. The van der Waals surface area contributed by atoms with Gasteiger partial charge in [-0.3, -0.25) is 0 Å². The summed E-state index contributed by atoms with van der Waals surface area (Å²) in [6.07, 6.45) is 1.03. The molecule has 0 heterocycles. The third-order valence-electron chi connectivity index (χ3n) is 3.23. The van der Waals surface area contributed by atoms with Crippen molar-refractivity contribution in [1.29, 1.82) is 0 Å². The molecule has 0 fully saturated rings. The summed E-state index contributed by atoms with van der Waals surface area (Å²) in [5, 5.41) is 4.23. The molecule has 0 aliphatic rings. The van der Waals surface area contributed by atoms with E-state index < -0.39 is 0 Å². The first kappa shape index (κ1) is 15.3. The van der Waals surface area contributed by atoms with Crippen LogP contribution in [0.4, 0.5) is 0 Å². The molecule has 0 unspecified atom stereocenters. The first-order valence-electron chi connectivity index (χ1n) is 7.14. The Morgan fingerprint density at radius 1 is 0.952 bits per heavy atom. The number of hydrogen-bond donors (Lipinski definition) is 0. The van der Waals surface area contributed by atoms with Gasteiger partial charge in [0.05, 0.1) is 6.61 Å². The van der Waals surface area contributed by atoms with E-state index in [1.165, 1.54) is 5.56 Å². The molecule has 3 nitrogen and oxygen atoms in total. The van der Waals surface area contributed by atoms with E-state index in [1.807, 2.05) is 30.3 Å². The van der Waals surface area contributed by atoms with E-state index in [9.17, 15) is 0 Å². The number of benzene rings is 2. The molecule has 0 N–H and O–H groups in total. The first-order valence-corrected chi connectivity index (χ1v) is 7.14. The fourth-order valence-electron chi connectivity index (χ4n) is 1.99. The minimum absolute atomic E-state index is 0.431. The zero-order chi connectivity index (χ0) is 14.9. The topological polar surface area (TPSA) is 30.8 Å². The second kappa shape index (κ2) is 8.22. The molecular weight excluding hydrogens is 262 g/mol. The molecular formula is C18H21NO2. The van der Waals surface area contributed by atoms with Crippen LogP contribution in [0, 0.1) is 0 Å². The van der Waals surface area contributed by atoms with Crippen LogP contribution in [0.25, 0.3) is 0 Å². The largest absolute Gasteiger partial charge is 0.391 e. The van der Waals surface area contributed by atoms with Crippen LogP contribution in [0.15, 0.2) is 59.8 Å². The standard InChI is InChI=1S/C18H21NO2/c1-3-15-9-11-17(12-10-15)18(14-20-2)19-21-13-16-7-5-4-6-8-16/h4-12H,3,13-14H2,1-2H3/b19-18-. The number of hydrogen-bond acceptors (Lipinski definition) is 3. The van der Waals surface area contributed by atoms with Gasteiger partial charge in [0.2, 0.25) is 0 Å². The Morgan fingerprint density at radius 3 is 2.29 bits per heavy atom. The van der Waals surface area contributed by atoms with E-state index >= 15 is 0 Å². The molecule has 3 heteroatoms. The smallest absolute Gasteiger partial charge is 0.142 e. The van der Waals surface area contributed by atoms with Crippen molar-refractivity contribution in [3.8, 4) is 0 Å². The van der Waals surface area contributed by atoms with E-state index in [1.54, 1.807) is 7.11 Å². The van der Waals surface area contributed by atoms with Crippen molar-refractivity contribution < 1.29 is 9.57 Å². The van der Waals surface area contributed by atoms with Crippen molar-refractivity contribution in [1.82, 2.24) is 0 Å². The van der Waals surface area contributed by atoms with Gasteiger partial charge >= 0.3 is 0 Å². The Bertz CT molecular complexity index is 562. The molecule has 0 aliphatic heterocycles. The number of aryl methyl sites for hydroxylation is 1. The average Bonchev–Trinajstić information content (AvgIpc) is 2.55. The number of rotatable bonds is 7. The second-order valence-electron chi connectivity index (χ2n) is 4.78. The normalized spacial score (nSPS) is 11.4. The highest BCUT2D eigenvalue weighted by Crippen LogP contribution is 2.08. The molecule has 0 saturated carbocycles. The van der Waals surface area contributed by atoms with E-state index in [2.05, 4.69) is 36.3 Å². The highest BCUT2D eigenvalue weighted by molar-refractivity contribution is 6.01. The molecule has 0 aromatic heterocycles. The highest BCUT2D eigenvalue weighted by atomic mass is 16.6. The molecule has 21 heavy (non-hydrogen) atoms. The zero-order valence-corrected chi connectivity index (χ0v) is 12.6. The van der Waals surface area contributed by atoms with Crippen molar-refractivity contribution in [2.24, 2.45) is 5.16 Å². The molecule has 0 aliphatic carbocycles. The van der Waals surface area contributed by atoms with Crippen molar-refractivity contribution in [2.45, 2.75) is 20.0 Å². The minimum Gasteiger partial charge on any atom is -0.391 e. The van der Waals surface area contributed by atoms with Crippen LogP contribution >= 0.6 is 0 Å². The van der Waals surface area contributed by atoms with E-state index in [0.29, 0.717) is 13.2 Å². The monoisotopic (exact) mass is 283 g/mol. The summed E-state index contributed by atoms with van der Waals surface area (Å²) >= 11 is 0. The summed E-state index contributed by atoms with van der Waals surface area (Å²) in [5.74, 6) is 0. The van der Waals surface area contributed by atoms with Gasteiger partial charge in [-0.1, -0.05) is 66.7 Å². The maximum Gasteiger partial charge on any atom is 0.142 e. The Balaban J connectivity index is 2.04. The van der Waals surface area contributed by atoms with Crippen LogP contribution in [-0.2, 0) is 22.6 Å². The number of ether oxygens (including phenoxy) is 1. The van der Waals surface area contributed by atoms with E-state index in [0.717, 1.165) is 23.3 Å². The molecule has 0 atom stereocenters. The van der Waals surface area contributed by atoms with Crippen molar-refractivity contribution in [3.63, 3.8) is 0 Å². The van der Waals surface area contributed by atoms with Gasteiger partial charge in [-0.05, 0) is 17.5 Å². The van der Waals surface area contributed by atoms with Crippen molar-refractivity contribution >= 4 is 5.71 Å². The average molecular weight is 283 g/mol. The summed E-state index contributed by atoms with van der Waals surface area (Å²) in [6.45, 7) is 3.03.